The van der Waals surface area contributed by atoms with E-state index in [1.165, 1.54) is 0 Å². The van der Waals surface area contributed by atoms with Crippen molar-refractivity contribution in [2.75, 3.05) is 6.54 Å². The van der Waals surface area contributed by atoms with Gasteiger partial charge in [0.2, 0.25) is 0 Å². The SMILES string of the molecule is [N-]=[N+]=NCCc1ccc(Br)cc1Br. The molecule has 0 spiro atoms. The Labute approximate surface area is 93.0 Å². The van der Waals surface area contributed by atoms with Crippen molar-refractivity contribution in [1.29, 1.82) is 0 Å². The molecule has 13 heavy (non-hydrogen) atoms. The quantitative estimate of drug-likeness (QED) is 0.459. The lowest BCUT2D eigenvalue weighted by atomic mass is 10.2. The van der Waals surface area contributed by atoms with Crippen LogP contribution in [0.15, 0.2) is 32.3 Å². The van der Waals surface area contributed by atoms with E-state index >= 15 is 0 Å². The molecule has 0 bridgehead atoms. The molecule has 3 nitrogen and oxygen atoms in total. The summed E-state index contributed by atoms with van der Waals surface area (Å²) in [6, 6.07) is 5.95. The minimum atomic E-state index is 0.497. The molecule has 0 unspecified atom stereocenters. The van der Waals surface area contributed by atoms with Crippen molar-refractivity contribution in [2.24, 2.45) is 5.11 Å². The standard InChI is InChI=1S/C8H7Br2N3/c9-7-2-1-6(8(10)5-7)3-4-12-13-11/h1-2,5H,3-4H2. The first-order valence-corrected chi connectivity index (χ1v) is 5.27. The summed E-state index contributed by atoms with van der Waals surface area (Å²) in [4.78, 5) is 2.70. The average molecular weight is 305 g/mol. The zero-order valence-corrected chi connectivity index (χ0v) is 9.92. The van der Waals surface area contributed by atoms with Gasteiger partial charge in [-0.15, -0.1) is 0 Å². The number of benzene rings is 1. The molecule has 0 saturated carbocycles. The van der Waals surface area contributed by atoms with Crippen molar-refractivity contribution >= 4 is 31.9 Å². The Kier molecular flexibility index (Phi) is 4.28. The number of hydrogen-bond donors (Lipinski definition) is 0. The summed E-state index contributed by atoms with van der Waals surface area (Å²) in [6.07, 6.45) is 0.762. The van der Waals surface area contributed by atoms with E-state index in [0.29, 0.717) is 6.54 Å². The van der Waals surface area contributed by atoms with Crippen LogP contribution in [0.2, 0.25) is 0 Å². The molecule has 1 aromatic carbocycles. The molecule has 0 heterocycles. The van der Waals surface area contributed by atoms with Crippen LogP contribution in [0, 0.1) is 0 Å². The van der Waals surface area contributed by atoms with E-state index in [4.69, 9.17) is 5.53 Å². The van der Waals surface area contributed by atoms with Crippen molar-refractivity contribution in [3.63, 3.8) is 0 Å². The topological polar surface area (TPSA) is 48.8 Å². The van der Waals surface area contributed by atoms with Gasteiger partial charge in [0.25, 0.3) is 0 Å². The third-order valence-electron chi connectivity index (χ3n) is 1.56. The van der Waals surface area contributed by atoms with Crippen LogP contribution in [0.4, 0.5) is 0 Å². The maximum Gasteiger partial charge on any atom is 0.0298 e. The molecule has 0 aliphatic carbocycles. The first-order valence-electron chi connectivity index (χ1n) is 3.69. The summed E-state index contributed by atoms with van der Waals surface area (Å²) < 4.78 is 2.07. The summed E-state index contributed by atoms with van der Waals surface area (Å²) in [7, 11) is 0. The van der Waals surface area contributed by atoms with Gasteiger partial charge in [-0.2, -0.15) is 0 Å². The van der Waals surface area contributed by atoms with E-state index in [0.717, 1.165) is 20.9 Å². The second-order valence-electron chi connectivity index (χ2n) is 2.44. The van der Waals surface area contributed by atoms with Crippen LogP contribution in [0.1, 0.15) is 5.56 Å². The number of hydrogen-bond acceptors (Lipinski definition) is 1. The largest absolute Gasteiger partial charge is 0.0936 e. The highest BCUT2D eigenvalue weighted by atomic mass is 79.9. The Hall–Kier alpha value is -0.510. The molecule has 68 valence electrons. The van der Waals surface area contributed by atoms with Gasteiger partial charge in [0.05, 0.1) is 0 Å². The molecule has 0 fully saturated rings. The lowest BCUT2D eigenvalue weighted by Crippen LogP contribution is -1.89. The predicted molar refractivity (Wildman–Crippen MR) is 59.6 cm³/mol. The van der Waals surface area contributed by atoms with E-state index in [-0.39, 0.29) is 0 Å². The maximum atomic E-state index is 8.10. The van der Waals surface area contributed by atoms with Crippen LogP contribution >= 0.6 is 31.9 Å². The van der Waals surface area contributed by atoms with Crippen molar-refractivity contribution in [2.45, 2.75) is 6.42 Å². The normalized spacial score (nSPS) is 9.38. The zero-order valence-electron chi connectivity index (χ0n) is 6.74. The fraction of sp³-hybridized carbons (Fsp3) is 0.250. The van der Waals surface area contributed by atoms with E-state index < -0.39 is 0 Å². The molecular weight excluding hydrogens is 298 g/mol. The predicted octanol–water partition coefficient (Wildman–Crippen LogP) is 4.06. The summed E-state index contributed by atoms with van der Waals surface area (Å²) in [5.41, 5.74) is 9.25. The zero-order chi connectivity index (χ0) is 9.68. The Balaban J connectivity index is 2.71. The van der Waals surface area contributed by atoms with Gasteiger partial charge >= 0.3 is 0 Å². The minimum absolute atomic E-state index is 0.497. The first kappa shape index (κ1) is 10.6. The van der Waals surface area contributed by atoms with Crippen molar-refractivity contribution in [3.05, 3.63) is 43.2 Å². The fourth-order valence-corrected chi connectivity index (χ4v) is 2.18. The third-order valence-corrected chi connectivity index (χ3v) is 2.79. The van der Waals surface area contributed by atoms with Crippen LogP contribution in [-0.4, -0.2) is 6.54 Å². The van der Waals surface area contributed by atoms with Gasteiger partial charge < -0.3 is 0 Å². The average Bonchev–Trinajstić information content (AvgIpc) is 2.09. The Morgan fingerprint density at radius 3 is 2.77 bits per heavy atom. The molecule has 5 heteroatoms. The van der Waals surface area contributed by atoms with Gasteiger partial charge in [-0.1, -0.05) is 43.0 Å². The van der Waals surface area contributed by atoms with Crippen molar-refractivity contribution in [3.8, 4) is 0 Å². The third kappa shape index (κ3) is 3.38. The molecular formula is C8H7Br2N3. The molecule has 0 aliphatic heterocycles. The smallest absolute Gasteiger partial charge is 0.0298 e. The van der Waals surface area contributed by atoms with E-state index in [2.05, 4.69) is 41.9 Å². The lowest BCUT2D eigenvalue weighted by Gasteiger charge is -2.01. The van der Waals surface area contributed by atoms with Crippen molar-refractivity contribution < 1.29 is 0 Å². The van der Waals surface area contributed by atoms with Gasteiger partial charge in [-0.05, 0) is 29.6 Å². The minimum Gasteiger partial charge on any atom is -0.0936 e. The molecule has 0 aromatic heterocycles. The fourth-order valence-electron chi connectivity index (χ4n) is 0.940. The van der Waals surface area contributed by atoms with E-state index in [9.17, 15) is 0 Å². The van der Waals surface area contributed by atoms with Gasteiger partial charge in [-0.25, -0.2) is 0 Å². The molecule has 0 atom stereocenters. The molecule has 1 rings (SSSR count). The first-order chi connectivity index (χ1) is 6.24. The maximum absolute atomic E-state index is 8.10. The van der Waals surface area contributed by atoms with Crippen LogP contribution in [0.25, 0.3) is 10.4 Å². The molecule has 1 aromatic rings. The van der Waals surface area contributed by atoms with Gasteiger partial charge in [0, 0.05) is 20.4 Å². The van der Waals surface area contributed by atoms with Gasteiger partial charge in [0.1, 0.15) is 0 Å². The molecule has 0 radical (unpaired) electrons. The summed E-state index contributed by atoms with van der Waals surface area (Å²) >= 11 is 6.80. The molecule has 0 N–H and O–H groups in total. The van der Waals surface area contributed by atoms with Crippen LogP contribution in [0.5, 0.6) is 0 Å². The monoisotopic (exact) mass is 303 g/mol. The number of azide groups is 1. The molecule has 0 aliphatic rings. The van der Waals surface area contributed by atoms with E-state index in [1.807, 2.05) is 18.2 Å². The lowest BCUT2D eigenvalue weighted by molar-refractivity contribution is 0.951. The summed E-state index contributed by atoms with van der Waals surface area (Å²) in [5, 5.41) is 3.48. The summed E-state index contributed by atoms with van der Waals surface area (Å²) in [6.45, 7) is 0.497. The number of rotatable bonds is 3. The Morgan fingerprint density at radius 2 is 2.15 bits per heavy atom. The molecule has 0 amide bonds. The van der Waals surface area contributed by atoms with E-state index in [1.54, 1.807) is 0 Å². The number of halogens is 2. The second-order valence-corrected chi connectivity index (χ2v) is 4.21. The van der Waals surface area contributed by atoms with Gasteiger partial charge in [-0.3, -0.25) is 0 Å². The Morgan fingerprint density at radius 1 is 1.38 bits per heavy atom. The summed E-state index contributed by atoms with van der Waals surface area (Å²) in [5.74, 6) is 0. The number of nitrogens with zero attached hydrogens (tertiary/aromatic N) is 3. The highest BCUT2D eigenvalue weighted by molar-refractivity contribution is 9.11. The second kappa shape index (κ2) is 5.27. The van der Waals surface area contributed by atoms with Crippen LogP contribution in [0.3, 0.4) is 0 Å². The highest BCUT2D eigenvalue weighted by Crippen LogP contribution is 2.22. The van der Waals surface area contributed by atoms with Crippen LogP contribution in [-0.2, 0) is 6.42 Å². The van der Waals surface area contributed by atoms with Gasteiger partial charge in [0.15, 0.2) is 0 Å². The molecule has 0 saturated heterocycles. The van der Waals surface area contributed by atoms with Crippen LogP contribution < -0.4 is 0 Å². The van der Waals surface area contributed by atoms with Crippen molar-refractivity contribution in [1.82, 2.24) is 0 Å². The highest BCUT2D eigenvalue weighted by Gasteiger charge is 1.98. The Bertz CT molecular complexity index is 345.